The minimum Gasteiger partial charge on any atom is -0.495 e. The number of ether oxygens (including phenoxy) is 1. The zero-order valence-corrected chi connectivity index (χ0v) is 12.1. The second-order valence-electron chi connectivity index (χ2n) is 4.44. The fourth-order valence-corrected chi connectivity index (χ4v) is 3.95. The molecule has 0 amide bonds. The van der Waals surface area contributed by atoms with Crippen LogP contribution in [0, 0.1) is 0 Å². The molecule has 2 unspecified atom stereocenters. The van der Waals surface area contributed by atoms with E-state index in [-0.39, 0.29) is 6.04 Å². The van der Waals surface area contributed by atoms with Gasteiger partial charge in [0, 0.05) is 5.25 Å². The van der Waals surface area contributed by atoms with Crippen LogP contribution in [0.1, 0.15) is 30.9 Å². The van der Waals surface area contributed by atoms with Crippen molar-refractivity contribution in [1.29, 1.82) is 0 Å². The molecule has 1 fully saturated rings. The minimum atomic E-state index is 0.154. The fourth-order valence-electron chi connectivity index (χ4n) is 2.32. The Balaban J connectivity index is 2.20. The highest BCUT2D eigenvalue weighted by molar-refractivity contribution is 8.00. The monoisotopic (exact) mass is 286 g/mol. The Labute approximate surface area is 117 Å². The molecule has 1 saturated heterocycles. The molecule has 3 nitrogen and oxygen atoms in total. The smallest absolute Gasteiger partial charge is 0.137 e. The lowest BCUT2D eigenvalue weighted by atomic mass is 10.00. The van der Waals surface area contributed by atoms with Gasteiger partial charge in [0.15, 0.2) is 0 Å². The minimum absolute atomic E-state index is 0.154. The molecule has 100 valence electrons. The van der Waals surface area contributed by atoms with Gasteiger partial charge >= 0.3 is 0 Å². The molecular weight excluding hydrogens is 268 g/mol. The van der Waals surface area contributed by atoms with Crippen molar-refractivity contribution in [1.82, 2.24) is 5.43 Å². The van der Waals surface area contributed by atoms with Crippen LogP contribution in [-0.2, 0) is 0 Å². The van der Waals surface area contributed by atoms with Crippen LogP contribution in [0.3, 0.4) is 0 Å². The van der Waals surface area contributed by atoms with Gasteiger partial charge in [-0.3, -0.25) is 11.3 Å². The summed E-state index contributed by atoms with van der Waals surface area (Å²) in [6, 6.07) is 6.02. The van der Waals surface area contributed by atoms with E-state index in [0.29, 0.717) is 16.0 Å². The van der Waals surface area contributed by atoms with E-state index in [1.807, 2.05) is 30.0 Å². The largest absolute Gasteiger partial charge is 0.495 e. The molecule has 0 bridgehead atoms. The summed E-state index contributed by atoms with van der Waals surface area (Å²) in [5.41, 5.74) is 4.08. The Hall–Kier alpha value is -0.420. The zero-order chi connectivity index (χ0) is 13.0. The van der Waals surface area contributed by atoms with Crippen LogP contribution in [0.5, 0.6) is 5.75 Å². The lowest BCUT2D eigenvalue weighted by Crippen LogP contribution is -2.36. The molecular formula is C13H19ClN2OS. The lowest BCUT2D eigenvalue weighted by molar-refractivity contribution is 0.412. The molecule has 3 N–H and O–H groups in total. The summed E-state index contributed by atoms with van der Waals surface area (Å²) in [6.07, 6.45) is 3.79. The number of thioether (sulfide) groups is 1. The Kier molecular flexibility index (Phi) is 5.18. The maximum atomic E-state index is 6.05. The average Bonchev–Trinajstić information content (AvgIpc) is 2.42. The van der Waals surface area contributed by atoms with Gasteiger partial charge in [-0.25, -0.2) is 0 Å². The highest BCUT2D eigenvalue weighted by Gasteiger charge is 2.25. The van der Waals surface area contributed by atoms with E-state index in [9.17, 15) is 0 Å². The second-order valence-corrected chi connectivity index (χ2v) is 6.20. The Morgan fingerprint density at radius 2 is 2.33 bits per heavy atom. The van der Waals surface area contributed by atoms with E-state index in [0.717, 1.165) is 5.56 Å². The van der Waals surface area contributed by atoms with Crippen LogP contribution >= 0.6 is 23.4 Å². The molecule has 0 aromatic heterocycles. The highest BCUT2D eigenvalue weighted by Crippen LogP contribution is 2.36. The van der Waals surface area contributed by atoms with Gasteiger partial charge in [-0.15, -0.1) is 0 Å². The molecule has 1 aromatic carbocycles. The fraction of sp³-hybridized carbons (Fsp3) is 0.538. The molecule has 1 aliphatic rings. The van der Waals surface area contributed by atoms with Gasteiger partial charge in [0.25, 0.3) is 0 Å². The number of halogens is 1. The molecule has 0 aliphatic carbocycles. The van der Waals surface area contributed by atoms with Crippen LogP contribution in [0.2, 0.25) is 5.02 Å². The van der Waals surface area contributed by atoms with Gasteiger partial charge in [-0.05, 0) is 36.3 Å². The summed E-state index contributed by atoms with van der Waals surface area (Å²) < 4.78 is 5.26. The molecule has 0 radical (unpaired) electrons. The number of hydrogen-bond acceptors (Lipinski definition) is 4. The summed E-state index contributed by atoms with van der Waals surface area (Å²) >= 11 is 8.04. The highest BCUT2D eigenvalue weighted by atomic mass is 35.5. The quantitative estimate of drug-likeness (QED) is 0.659. The van der Waals surface area contributed by atoms with Crippen molar-refractivity contribution in [3.05, 3.63) is 28.8 Å². The van der Waals surface area contributed by atoms with Crippen LogP contribution < -0.4 is 16.0 Å². The van der Waals surface area contributed by atoms with Crippen molar-refractivity contribution >= 4 is 23.4 Å². The summed E-state index contributed by atoms with van der Waals surface area (Å²) in [6.45, 7) is 0. The van der Waals surface area contributed by atoms with Crippen LogP contribution in [0.15, 0.2) is 18.2 Å². The second kappa shape index (κ2) is 6.66. The molecule has 0 spiro atoms. The SMILES string of the molecule is COc1cc(C(NN)C2CCCCS2)ccc1Cl. The first-order chi connectivity index (χ1) is 8.76. The molecule has 2 rings (SSSR count). The molecule has 1 heterocycles. The molecule has 18 heavy (non-hydrogen) atoms. The maximum Gasteiger partial charge on any atom is 0.137 e. The first kappa shape index (κ1) is 14.0. The summed E-state index contributed by atoms with van der Waals surface area (Å²) in [5.74, 6) is 7.65. The average molecular weight is 287 g/mol. The van der Waals surface area contributed by atoms with Gasteiger partial charge < -0.3 is 4.74 Å². The molecule has 1 aromatic rings. The van der Waals surface area contributed by atoms with E-state index >= 15 is 0 Å². The predicted octanol–water partition coefficient (Wildman–Crippen LogP) is 3.14. The van der Waals surface area contributed by atoms with Crippen LogP contribution in [-0.4, -0.2) is 18.1 Å². The van der Waals surface area contributed by atoms with Crippen molar-refractivity contribution in [2.24, 2.45) is 5.84 Å². The van der Waals surface area contributed by atoms with Crippen molar-refractivity contribution in [3.8, 4) is 5.75 Å². The number of methoxy groups -OCH3 is 1. The van der Waals surface area contributed by atoms with Gasteiger partial charge in [0.05, 0.1) is 18.2 Å². The normalized spacial score (nSPS) is 21.6. The van der Waals surface area contributed by atoms with Gasteiger partial charge in [0.2, 0.25) is 0 Å². The standard InChI is InChI=1S/C13H19ClN2OS/c1-17-11-8-9(5-6-10(11)14)13(16-15)12-4-2-3-7-18-12/h5-6,8,12-13,16H,2-4,7,15H2,1H3. The first-order valence-electron chi connectivity index (χ1n) is 6.17. The van der Waals surface area contributed by atoms with E-state index in [4.69, 9.17) is 22.2 Å². The van der Waals surface area contributed by atoms with Crippen molar-refractivity contribution in [2.45, 2.75) is 30.6 Å². The van der Waals surface area contributed by atoms with Gasteiger partial charge in [-0.1, -0.05) is 24.1 Å². The number of hydrazine groups is 1. The molecule has 2 atom stereocenters. The predicted molar refractivity (Wildman–Crippen MR) is 78.2 cm³/mol. The summed E-state index contributed by atoms with van der Waals surface area (Å²) in [5, 5.41) is 1.16. The Morgan fingerprint density at radius 1 is 1.50 bits per heavy atom. The number of benzene rings is 1. The van der Waals surface area contributed by atoms with E-state index in [1.54, 1.807) is 7.11 Å². The Morgan fingerprint density at radius 3 is 2.94 bits per heavy atom. The Bertz CT molecular complexity index is 397. The lowest BCUT2D eigenvalue weighted by Gasteiger charge is -2.29. The van der Waals surface area contributed by atoms with Gasteiger partial charge in [0.1, 0.15) is 5.75 Å². The zero-order valence-electron chi connectivity index (χ0n) is 10.5. The van der Waals surface area contributed by atoms with Crippen LogP contribution in [0.4, 0.5) is 0 Å². The van der Waals surface area contributed by atoms with Crippen molar-refractivity contribution < 1.29 is 4.74 Å². The van der Waals surface area contributed by atoms with E-state index < -0.39 is 0 Å². The summed E-state index contributed by atoms with van der Waals surface area (Å²) in [7, 11) is 1.63. The number of hydrogen-bond donors (Lipinski definition) is 2. The molecule has 1 aliphatic heterocycles. The van der Waals surface area contributed by atoms with E-state index in [1.165, 1.54) is 25.0 Å². The maximum absolute atomic E-state index is 6.05. The first-order valence-corrected chi connectivity index (χ1v) is 7.60. The number of nitrogens with one attached hydrogen (secondary N) is 1. The third kappa shape index (κ3) is 3.12. The van der Waals surface area contributed by atoms with Crippen molar-refractivity contribution in [3.63, 3.8) is 0 Å². The molecule has 5 heteroatoms. The third-order valence-corrected chi connectivity index (χ3v) is 5.07. The topological polar surface area (TPSA) is 47.3 Å². The number of nitrogens with two attached hydrogens (primary N) is 1. The summed E-state index contributed by atoms with van der Waals surface area (Å²) in [4.78, 5) is 0. The van der Waals surface area contributed by atoms with E-state index in [2.05, 4.69) is 5.43 Å². The molecule has 0 saturated carbocycles. The van der Waals surface area contributed by atoms with Crippen LogP contribution in [0.25, 0.3) is 0 Å². The van der Waals surface area contributed by atoms with Crippen molar-refractivity contribution in [2.75, 3.05) is 12.9 Å². The number of rotatable bonds is 4. The third-order valence-electron chi connectivity index (χ3n) is 3.30. The van der Waals surface area contributed by atoms with Gasteiger partial charge in [-0.2, -0.15) is 11.8 Å².